The highest BCUT2D eigenvalue weighted by Crippen LogP contribution is 2.34. The van der Waals surface area contributed by atoms with E-state index < -0.39 is 0 Å². The number of rotatable bonds is 6. The van der Waals surface area contributed by atoms with Gasteiger partial charge in [0.1, 0.15) is 5.75 Å². The van der Waals surface area contributed by atoms with Crippen LogP contribution in [0.1, 0.15) is 25.7 Å². The summed E-state index contributed by atoms with van der Waals surface area (Å²) in [5.41, 5.74) is 0. The van der Waals surface area contributed by atoms with E-state index in [2.05, 4.69) is 22.6 Å². The summed E-state index contributed by atoms with van der Waals surface area (Å²) in [5, 5.41) is 0. The molecule has 0 spiro atoms. The first-order valence-electron chi connectivity index (χ1n) is 6.90. The molecular formula is C15H18INO2. The highest BCUT2D eigenvalue weighted by Gasteiger charge is 2.36. The van der Waals surface area contributed by atoms with Crippen LogP contribution < -0.4 is 4.74 Å². The molecule has 2 aliphatic carbocycles. The number of halogens is 1. The number of carbonyl (C=O) groups is 1. The number of benzene rings is 1. The standard InChI is InChI=1S/C15H18INO2/c16-12-3-7-14(8-4-12)19-10-15(18)17(13-5-6-13)9-11-1-2-11/h3-4,7-8,11,13H,1-2,5-6,9-10H2. The Hall–Kier alpha value is -0.780. The molecule has 1 amide bonds. The van der Waals surface area contributed by atoms with Gasteiger partial charge in [0, 0.05) is 16.2 Å². The normalized spacial score (nSPS) is 18.2. The Labute approximate surface area is 127 Å². The Kier molecular flexibility index (Phi) is 3.96. The molecule has 0 saturated heterocycles. The van der Waals surface area contributed by atoms with Crippen LogP contribution in [0.4, 0.5) is 0 Å². The van der Waals surface area contributed by atoms with Gasteiger partial charge in [0.05, 0.1) is 0 Å². The van der Waals surface area contributed by atoms with Gasteiger partial charge in [-0.1, -0.05) is 0 Å². The molecule has 2 fully saturated rings. The lowest BCUT2D eigenvalue weighted by atomic mass is 10.3. The van der Waals surface area contributed by atoms with Crippen molar-refractivity contribution in [3.8, 4) is 5.75 Å². The monoisotopic (exact) mass is 371 g/mol. The van der Waals surface area contributed by atoms with E-state index in [1.54, 1.807) is 0 Å². The SMILES string of the molecule is O=C(COc1ccc(I)cc1)N(CC1CC1)C1CC1. The summed E-state index contributed by atoms with van der Waals surface area (Å²) in [4.78, 5) is 14.3. The summed E-state index contributed by atoms with van der Waals surface area (Å²) in [6, 6.07) is 8.30. The molecule has 0 aliphatic heterocycles. The lowest BCUT2D eigenvalue weighted by molar-refractivity contribution is -0.134. The minimum absolute atomic E-state index is 0.146. The van der Waals surface area contributed by atoms with Crippen molar-refractivity contribution in [3.05, 3.63) is 27.8 Å². The molecule has 102 valence electrons. The van der Waals surface area contributed by atoms with E-state index in [1.165, 1.54) is 29.3 Å². The summed E-state index contributed by atoms with van der Waals surface area (Å²) in [5.74, 6) is 1.67. The van der Waals surface area contributed by atoms with E-state index in [4.69, 9.17) is 4.74 Å². The molecule has 0 radical (unpaired) electrons. The summed E-state index contributed by atoms with van der Waals surface area (Å²) in [6.45, 7) is 1.11. The van der Waals surface area contributed by atoms with Crippen LogP contribution in [0.5, 0.6) is 5.75 Å². The van der Waals surface area contributed by atoms with Crippen molar-refractivity contribution in [2.24, 2.45) is 5.92 Å². The molecule has 1 aromatic carbocycles. The Bertz CT molecular complexity index is 452. The number of nitrogens with zero attached hydrogens (tertiary/aromatic N) is 1. The highest BCUT2D eigenvalue weighted by atomic mass is 127. The third-order valence-electron chi connectivity index (χ3n) is 3.64. The summed E-state index contributed by atoms with van der Waals surface area (Å²) < 4.78 is 6.76. The van der Waals surface area contributed by atoms with Crippen LogP contribution in [0.25, 0.3) is 0 Å². The smallest absolute Gasteiger partial charge is 0.260 e. The third kappa shape index (κ3) is 3.84. The van der Waals surface area contributed by atoms with Gasteiger partial charge in [-0.3, -0.25) is 4.79 Å². The molecule has 2 saturated carbocycles. The fraction of sp³-hybridized carbons (Fsp3) is 0.533. The minimum atomic E-state index is 0.146. The Morgan fingerprint density at radius 3 is 2.47 bits per heavy atom. The van der Waals surface area contributed by atoms with E-state index in [0.29, 0.717) is 6.04 Å². The molecule has 19 heavy (non-hydrogen) atoms. The second kappa shape index (κ2) is 5.69. The van der Waals surface area contributed by atoms with Crippen molar-refractivity contribution >= 4 is 28.5 Å². The van der Waals surface area contributed by atoms with Crippen LogP contribution in [0.15, 0.2) is 24.3 Å². The molecule has 1 aromatic rings. The minimum Gasteiger partial charge on any atom is -0.484 e. The number of hydrogen-bond donors (Lipinski definition) is 0. The molecule has 0 bridgehead atoms. The van der Waals surface area contributed by atoms with Crippen molar-refractivity contribution in [2.45, 2.75) is 31.7 Å². The van der Waals surface area contributed by atoms with E-state index in [9.17, 15) is 4.79 Å². The van der Waals surface area contributed by atoms with Gasteiger partial charge in [0.2, 0.25) is 0 Å². The van der Waals surface area contributed by atoms with E-state index in [0.717, 1.165) is 18.2 Å². The molecule has 3 rings (SSSR count). The molecule has 0 N–H and O–H groups in total. The summed E-state index contributed by atoms with van der Waals surface area (Å²) >= 11 is 2.26. The van der Waals surface area contributed by atoms with Crippen molar-refractivity contribution < 1.29 is 9.53 Å². The van der Waals surface area contributed by atoms with Crippen molar-refractivity contribution in [1.29, 1.82) is 0 Å². The van der Waals surface area contributed by atoms with Crippen LogP contribution in [-0.2, 0) is 4.79 Å². The lowest BCUT2D eigenvalue weighted by Gasteiger charge is -2.22. The Morgan fingerprint density at radius 1 is 1.21 bits per heavy atom. The van der Waals surface area contributed by atoms with E-state index in [-0.39, 0.29) is 12.5 Å². The summed E-state index contributed by atoms with van der Waals surface area (Å²) in [7, 11) is 0. The van der Waals surface area contributed by atoms with Gasteiger partial charge in [-0.15, -0.1) is 0 Å². The van der Waals surface area contributed by atoms with Gasteiger partial charge >= 0.3 is 0 Å². The van der Waals surface area contributed by atoms with Crippen molar-refractivity contribution in [2.75, 3.05) is 13.2 Å². The average molecular weight is 371 g/mol. The van der Waals surface area contributed by atoms with E-state index in [1.807, 2.05) is 29.2 Å². The van der Waals surface area contributed by atoms with Gasteiger partial charge in [-0.05, 0) is 78.5 Å². The van der Waals surface area contributed by atoms with Gasteiger partial charge < -0.3 is 9.64 Å². The fourth-order valence-electron chi connectivity index (χ4n) is 2.18. The molecule has 0 aromatic heterocycles. The first-order chi connectivity index (χ1) is 9.22. The molecule has 3 nitrogen and oxygen atoms in total. The number of carbonyl (C=O) groups excluding carboxylic acids is 1. The average Bonchev–Trinajstić information content (AvgIpc) is 3.27. The topological polar surface area (TPSA) is 29.5 Å². The highest BCUT2D eigenvalue weighted by molar-refractivity contribution is 14.1. The number of ether oxygens (including phenoxy) is 1. The van der Waals surface area contributed by atoms with E-state index >= 15 is 0 Å². The van der Waals surface area contributed by atoms with Gasteiger partial charge in [-0.2, -0.15) is 0 Å². The van der Waals surface area contributed by atoms with Crippen LogP contribution in [0.3, 0.4) is 0 Å². The number of hydrogen-bond acceptors (Lipinski definition) is 2. The first kappa shape index (κ1) is 13.2. The predicted octanol–water partition coefficient (Wildman–Crippen LogP) is 3.07. The van der Waals surface area contributed by atoms with Crippen LogP contribution in [0, 0.1) is 9.49 Å². The second-order valence-corrected chi connectivity index (χ2v) is 6.71. The molecule has 0 heterocycles. The Balaban J connectivity index is 1.52. The Morgan fingerprint density at radius 2 is 1.89 bits per heavy atom. The molecule has 4 heteroatoms. The third-order valence-corrected chi connectivity index (χ3v) is 4.35. The quantitative estimate of drug-likeness (QED) is 0.720. The van der Waals surface area contributed by atoms with Crippen LogP contribution in [-0.4, -0.2) is 30.0 Å². The van der Waals surface area contributed by atoms with Gasteiger partial charge in [0.25, 0.3) is 5.91 Å². The second-order valence-electron chi connectivity index (χ2n) is 5.46. The first-order valence-corrected chi connectivity index (χ1v) is 7.98. The lowest BCUT2D eigenvalue weighted by Crippen LogP contribution is -2.38. The zero-order valence-electron chi connectivity index (χ0n) is 10.8. The maximum atomic E-state index is 12.2. The zero-order valence-corrected chi connectivity index (χ0v) is 13.0. The molecule has 0 atom stereocenters. The molecular weight excluding hydrogens is 353 g/mol. The predicted molar refractivity (Wildman–Crippen MR) is 82.1 cm³/mol. The van der Waals surface area contributed by atoms with Crippen molar-refractivity contribution in [1.82, 2.24) is 4.90 Å². The largest absolute Gasteiger partial charge is 0.484 e. The maximum Gasteiger partial charge on any atom is 0.260 e. The van der Waals surface area contributed by atoms with Gasteiger partial charge in [0.15, 0.2) is 6.61 Å². The molecule has 0 unspecified atom stereocenters. The van der Waals surface area contributed by atoms with Crippen molar-refractivity contribution in [3.63, 3.8) is 0 Å². The van der Waals surface area contributed by atoms with Crippen LogP contribution >= 0.6 is 22.6 Å². The zero-order chi connectivity index (χ0) is 13.2. The summed E-state index contributed by atoms with van der Waals surface area (Å²) in [6.07, 6.45) is 4.91. The molecule has 2 aliphatic rings. The van der Waals surface area contributed by atoms with Gasteiger partial charge in [-0.25, -0.2) is 0 Å². The maximum absolute atomic E-state index is 12.2. The fourth-order valence-corrected chi connectivity index (χ4v) is 2.54. The number of amides is 1. The van der Waals surface area contributed by atoms with Crippen LogP contribution in [0.2, 0.25) is 0 Å².